The highest BCUT2D eigenvalue weighted by Crippen LogP contribution is 2.30. The second-order valence-electron chi connectivity index (χ2n) is 7.28. The van der Waals surface area contributed by atoms with Crippen LogP contribution < -0.4 is 15.5 Å². The van der Waals surface area contributed by atoms with Gasteiger partial charge in [-0.15, -0.1) is 0 Å². The maximum Gasteiger partial charge on any atom is 0.247 e. The first-order valence-electron chi connectivity index (χ1n) is 11.4. The van der Waals surface area contributed by atoms with E-state index >= 15 is 0 Å². The van der Waals surface area contributed by atoms with Crippen molar-refractivity contribution in [2.45, 2.75) is 30.7 Å². The van der Waals surface area contributed by atoms with Crippen molar-refractivity contribution in [2.24, 2.45) is 0 Å². The van der Waals surface area contributed by atoms with E-state index in [4.69, 9.17) is 9.72 Å². The lowest BCUT2D eigenvalue weighted by molar-refractivity contribution is -0.111. The SMILES string of the molecule is C=CC(=O)Nc1ccc(Sc2nc(Nc3cccc(N4CCOCC4)c3)ncc2C)cc1.CC. The summed E-state index contributed by atoms with van der Waals surface area (Å²) in [7, 11) is 0. The Morgan fingerprint density at radius 2 is 1.85 bits per heavy atom. The Bertz CT molecular complexity index is 1100. The molecule has 1 aromatic heterocycles. The fourth-order valence-corrected chi connectivity index (χ4v) is 4.07. The molecule has 34 heavy (non-hydrogen) atoms. The summed E-state index contributed by atoms with van der Waals surface area (Å²) in [6.45, 7) is 12.7. The zero-order chi connectivity index (χ0) is 24.3. The van der Waals surface area contributed by atoms with Gasteiger partial charge >= 0.3 is 0 Å². The summed E-state index contributed by atoms with van der Waals surface area (Å²) in [4.78, 5) is 23.9. The van der Waals surface area contributed by atoms with Gasteiger partial charge in [-0.3, -0.25) is 4.79 Å². The number of carbonyl (C=O) groups excluding carboxylic acids is 1. The summed E-state index contributed by atoms with van der Waals surface area (Å²) in [5.41, 5.74) is 3.81. The maximum absolute atomic E-state index is 11.4. The molecule has 0 aliphatic carbocycles. The average Bonchev–Trinajstić information content (AvgIpc) is 2.89. The molecule has 178 valence electrons. The van der Waals surface area contributed by atoms with Gasteiger partial charge < -0.3 is 20.3 Å². The van der Waals surface area contributed by atoms with E-state index in [1.165, 1.54) is 6.08 Å². The number of hydrogen-bond acceptors (Lipinski definition) is 7. The zero-order valence-electron chi connectivity index (χ0n) is 19.9. The molecule has 1 fully saturated rings. The van der Waals surface area contributed by atoms with Crippen LogP contribution in [0.15, 0.2) is 77.3 Å². The molecule has 2 heterocycles. The largest absolute Gasteiger partial charge is 0.378 e. The Morgan fingerprint density at radius 1 is 1.12 bits per heavy atom. The van der Waals surface area contributed by atoms with Crippen molar-refractivity contribution >= 4 is 40.7 Å². The fraction of sp³-hybridized carbons (Fsp3) is 0.269. The number of hydrogen-bond donors (Lipinski definition) is 2. The number of aryl methyl sites for hydroxylation is 1. The Labute approximate surface area is 205 Å². The van der Waals surface area contributed by atoms with E-state index in [0.717, 1.165) is 58.9 Å². The van der Waals surface area contributed by atoms with Crippen molar-refractivity contribution in [3.63, 3.8) is 0 Å². The van der Waals surface area contributed by atoms with Crippen LogP contribution in [0.3, 0.4) is 0 Å². The fourth-order valence-electron chi connectivity index (χ4n) is 3.23. The molecule has 0 radical (unpaired) electrons. The first kappa shape index (κ1) is 25.3. The molecule has 7 nitrogen and oxygen atoms in total. The Hall–Kier alpha value is -3.36. The lowest BCUT2D eigenvalue weighted by atomic mass is 10.2. The van der Waals surface area contributed by atoms with Gasteiger partial charge in [-0.25, -0.2) is 9.97 Å². The minimum Gasteiger partial charge on any atom is -0.378 e. The van der Waals surface area contributed by atoms with Crippen molar-refractivity contribution in [1.82, 2.24) is 9.97 Å². The molecule has 2 aromatic carbocycles. The summed E-state index contributed by atoms with van der Waals surface area (Å²) in [6.07, 6.45) is 3.07. The van der Waals surface area contributed by atoms with Crippen LogP contribution in [0, 0.1) is 6.92 Å². The molecule has 4 rings (SSSR count). The van der Waals surface area contributed by atoms with Crippen LogP contribution >= 0.6 is 11.8 Å². The average molecular weight is 478 g/mol. The summed E-state index contributed by atoms with van der Waals surface area (Å²) in [5.74, 6) is 0.317. The molecule has 0 atom stereocenters. The van der Waals surface area contributed by atoms with E-state index in [2.05, 4.69) is 39.2 Å². The highest BCUT2D eigenvalue weighted by Gasteiger charge is 2.12. The van der Waals surface area contributed by atoms with Crippen LogP contribution in [0.1, 0.15) is 19.4 Å². The minimum absolute atomic E-state index is 0.231. The molecule has 1 saturated heterocycles. The number of nitrogens with one attached hydrogen (secondary N) is 2. The topological polar surface area (TPSA) is 79.4 Å². The third-order valence-electron chi connectivity index (χ3n) is 4.93. The first-order valence-corrected chi connectivity index (χ1v) is 12.2. The highest BCUT2D eigenvalue weighted by molar-refractivity contribution is 7.99. The van der Waals surface area contributed by atoms with Gasteiger partial charge in [0.15, 0.2) is 0 Å². The maximum atomic E-state index is 11.4. The van der Waals surface area contributed by atoms with Crippen LogP contribution in [0.25, 0.3) is 0 Å². The number of aromatic nitrogens is 2. The molecule has 0 unspecified atom stereocenters. The number of morpholine rings is 1. The monoisotopic (exact) mass is 477 g/mol. The second-order valence-corrected chi connectivity index (χ2v) is 8.34. The van der Waals surface area contributed by atoms with Gasteiger partial charge in [-0.2, -0.15) is 0 Å². The number of ether oxygens (including phenoxy) is 1. The lowest BCUT2D eigenvalue weighted by Gasteiger charge is -2.29. The minimum atomic E-state index is -0.231. The molecule has 0 spiro atoms. The number of nitrogens with zero attached hydrogens (tertiary/aromatic N) is 3. The predicted molar refractivity (Wildman–Crippen MR) is 140 cm³/mol. The third kappa shape index (κ3) is 7.07. The van der Waals surface area contributed by atoms with Crippen molar-refractivity contribution in [3.05, 3.63) is 72.9 Å². The van der Waals surface area contributed by atoms with Gasteiger partial charge in [0.05, 0.1) is 13.2 Å². The molecule has 1 aliphatic rings. The molecule has 0 saturated carbocycles. The number of anilines is 4. The molecular formula is C26H31N5O2S. The number of carbonyl (C=O) groups is 1. The number of rotatable bonds is 7. The zero-order valence-corrected chi connectivity index (χ0v) is 20.7. The van der Waals surface area contributed by atoms with Gasteiger partial charge in [0.25, 0.3) is 0 Å². The predicted octanol–water partition coefficient (Wildman–Crippen LogP) is 5.67. The molecule has 1 aliphatic heterocycles. The number of amides is 1. The van der Waals surface area contributed by atoms with Crippen LogP contribution in [0.2, 0.25) is 0 Å². The van der Waals surface area contributed by atoms with E-state index in [9.17, 15) is 4.79 Å². The summed E-state index contributed by atoms with van der Waals surface area (Å²) >= 11 is 1.55. The molecular weight excluding hydrogens is 446 g/mol. The van der Waals surface area contributed by atoms with Crippen LogP contribution in [0.5, 0.6) is 0 Å². The van der Waals surface area contributed by atoms with Gasteiger partial charge in [0.1, 0.15) is 5.03 Å². The smallest absolute Gasteiger partial charge is 0.247 e. The Balaban J connectivity index is 0.00000158. The normalized spacial score (nSPS) is 12.9. The molecule has 2 N–H and O–H groups in total. The summed E-state index contributed by atoms with van der Waals surface area (Å²) < 4.78 is 5.45. The summed E-state index contributed by atoms with van der Waals surface area (Å²) in [5, 5.41) is 6.94. The van der Waals surface area contributed by atoms with Crippen molar-refractivity contribution in [3.8, 4) is 0 Å². The molecule has 3 aromatic rings. The van der Waals surface area contributed by atoms with Gasteiger partial charge in [-0.1, -0.05) is 38.3 Å². The molecule has 0 bridgehead atoms. The van der Waals surface area contributed by atoms with Gasteiger partial charge in [0, 0.05) is 46.8 Å². The van der Waals surface area contributed by atoms with Gasteiger partial charge in [0.2, 0.25) is 11.9 Å². The van der Waals surface area contributed by atoms with E-state index in [1.807, 2.05) is 63.4 Å². The Morgan fingerprint density at radius 3 is 2.56 bits per heavy atom. The lowest BCUT2D eigenvalue weighted by Crippen LogP contribution is -2.36. The van der Waals surface area contributed by atoms with Crippen molar-refractivity contribution < 1.29 is 9.53 Å². The van der Waals surface area contributed by atoms with Crippen LogP contribution in [-0.2, 0) is 9.53 Å². The quantitative estimate of drug-likeness (QED) is 0.335. The highest BCUT2D eigenvalue weighted by atomic mass is 32.2. The summed E-state index contributed by atoms with van der Waals surface area (Å²) in [6, 6.07) is 15.9. The Kier molecular flexibility index (Phi) is 9.49. The van der Waals surface area contributed by atoms with Crippen LogP contribution in [0.4, 0.5) is 23.0 Å². The number of benzene rings is 2. The van der Waals surface area contributed by atoms with Crippen LogP contribution in [-0.4, -0.2) is 42.2 Å². The third-order valence-corrected chi connectivity index (χ3v) is 6.04. The second kappa shape index (κ2) is 12.8. The molecule has 8 heteroatoms. The standard InChI is InChI=1S/C24H25N5O2S.C2H6/c1-3-22(30)26-18-7-9-21(10-8-18)32-23-17(2)16-25-24(28-23)27-19-5-4-6-20(15-19)29-11-13-31-14-12-29;1-2/h3-10,15-16H,1,11-14H2,2H3,(H,26,30)(H,25,27,28);1-2H3. The van der Waals surface area contributed by atoms with E-state index < -0.39 is 0 Å². The van der Waals surface area contributed by atoms with E-state index in [0.29, 0.717) is 5.95 Å². The van der Waals surface area contributed by atoms with E-state index in [1.54, 1.807) is 11.8 Å². The molecule has 1 amide bonds. The van der Waals surface area contributed by atoms with Crippen molar-refractivity contribution in [1.29, 1.82) is 0 Å². The van der Waals surface area contributed by atoms with Gasteiger partial charge in [-0.05, 0) is 55.5 Å². The first-order chi connectivity index (χ1) is 16.6. The van der Waals surface area contributed by atoms with Crippen molar-refractivity contribution in [2.75, 3.05) is 41.8 Å². The van der Waals surface area contributed by atoms with E-state index in [-0.39, 0.29) is 5.91 Å².